The lowest BCUT2D eigenvalue weighted by Gasteiger charge is -2.41. The van der Waals surface area contributed by atoms with E-state index >= 15 is 0 Å². The van der Waals surface area contributed by atoms with Gasteiger partial charge in [0, 0.05) is 17.1 Å². The second-order valence-corrected chi connectivity index (χ2v) is 9.10. The molecule has 1 aromatic heterocycles. The topological polar surface area (TPSA) is 39.9 Å². The Morgan fingerprint density at radius 3 is 2.21 bits per heavy atom. The molecule has 4 nitrogen and oxygen atoms in total. The van der Waals surface area contributed by atoms with Crippen LogP contribution in [-0.2, 0) is 0 Å². The van der Waals surface area contributed by atoms with Gasteiger partial charge in [0.05, 0.1) is 47.1 Å². The summed E-state index contributed by atoms with van der Waals surface area (Å²) in [6, 6.07) is 4.33. The normalized spacial score (nSPS) is 12.5. The summed E-state index contributed by atoms with van der Waals surface area (Å²) in [4.78, 5) is 4.29. The fourth-order valence-electron chi connectivity index (χ4n) is 3.25. The molecule has 0 saturated heterocycles. The van der Waals surface area contributed by atoms with Crippen LogP contribution in [-0.4, -0.2) is 61.8 Å². The van der Waals surface area contributed by atoms with Crippen LogP contribution in [0.15, 0.2) is 22.9 Å². The van der Waals surface area contributed by atoms with Crippen LogP contribution in [0.3, 0.4) is 0 Å². The second-order valence-electron chi connectivity index (χ2n) is 7.95. The number of nitrogens with zero attached hydrogens (tertiary/aromatic N) is 3. The summed E-state index contributed by atoms with van der Waals surface area (Å²) in [7, 11) is 12.8. The molecule has 0 fully saturated rings. The standard InChI is InChI=1S/C11H16B6BrClFN3O/c12-10(13,14)7(11(15,16)17)23-9(21-8(18)22-23)24-6-2-4(19)1-5(20)3-6/h1-3,7H,12-17H2. The summed E-state index contributed by atoms with van der Waals surface area (Å²) in [5.74, 6) is -0.187. The SMILES string of the molecule is BC(B)(B)C(n1nc(Br)nc1Oc1cc(F)cc(Cl)c1)C(B)(B)B. The zero-order valence-electron chi connectivity index (χ0n) is 14.7. The van der Waals surface area contributed by atoms with E-state index in [9.17, 15) is 4.39 Å². The first-order valence-corrected chi connectivity index (χ1v) is 8.81. The summed E-state index contributed by atoms with van der Waals surface area (Å²) in [5, 5.41) is 4.53. The molecule has 0 saturated carbocycles. The van der Waals surface area contributed by atoms with Crippen molar-refractivity contribution in [2.75, 3.05) is 0 Å². The van der Waals surface area contributed by atoms with E-state index in [2.05, 4.69) is 73.1 Å². The molecule has 13 heteroatoms. The van der Waals surface area contributed by atoms with Gasteiger partial charge in [-0.05, 0) is 28.1 Å². The van der Waals surface area contributed by atoms with Crippen molar-refractivity contribution in [1.29, 1.82) is 0 Å². The third kappa shape index (κ3) is 4.66. The molecule has 0 amide bonds. The molecule has 120 valence electrons. The number of aromatic nitrogens is 3. The smallest absolute Gasteiger partial charge is 0.321 e. The minimum Gasteiger partial charge on any atom is -0.424 e. The van der Waals surface area contributed by atoms with E-state index in [1.54, 1.807) is 10.7 Å². The minimum absolute atomic E-state index is 0.00262. The molecule has 1 heterocycles. The molecule has 0 aliphatic carbocycles. The first-order chi connectivity index (χ1) is 10.9. The second kappa shape index (κ2) is 6.87. The van der Waals surface area contributed by atoms with Crippen molar-refractivity contribution in [2.45, 2.75) is 16.3 Å². The number of halogens is 3. The Bertz CT molecular complexity index is 716. The Kier molecular flexibility index (Phi) is 5.60. The lowest BCUT2D eigenvalue weighted by Crippen LogP contribution is -2.39. The van der Waals surface area contributed by atoms with E-state index in [0.717, 1.165) is 0 Å². The molecule has 0 radical (unpaired) electrons. The molecule has 0 spiro atoms. The van der Waals surface area contributed by atoms with Crippen molar-refractivity contribution >= 4 is 74.6 Å². The van der Waals surface area contributed by atoms with Gasteiger partial charge in [-0.2, -0.15) is 4.98 Å². The Hall–Kier alpha value is -0.750. The largest absolute Gasteiger partial charge is 0.424 e. The summed E-state index contributed by atoms with van der Waals surface area (Å²) in [6.45, 7) is 0. The van der Waals surface area contributed by atoms with Crippen LogP contribution < -0.4 is 4.74 Å². The molecule has 0 atom stereocenters. The van der Waals surface area contributed by atoms with Crippen LogP contribution in [0.25, 0.3) is 0 Å². The highest BCUT2D eigenvalue weighted by Gasteiger charge is 2.38. The van der Waals surface area contributed by atoms with Gasteiger partial charge in [0.15, 0.2) is 0 Å². The van der Waals surface area contributed by atoms with E-state index in [0.29, 0.717) is 10.7 Å². The first kappa shape index (κ1) is 19.6. The highest BCUT2D eigenvalue weighted by Crippen LogP contribution is 2.44. The first-order valence-electron chi connectivity index (χ1n) is 7.64. The summed E-state index contributed by atoms with van der Waals surface area (Å²) in [6.07, 6.45) is 0. The summed E-state index contributed by atoms with van der Waals surface area (Å²) >= 11 is 9.20. The minimum atomic E-state index is -0.467. The maximum atomic E-state index is 13.6. The van der Waals surface area contributed by atoms with Gasteiger partial charge in [-0.1, -0.05) is 21.8 Å². The maximum Gasteiger partial charge on any atom is 0.321 e. The van der Waals surface area contributed by atoms with Crippen molar-refractivity contribution in [1.82, 2.24) is 14.8 Å². The van der Waals surface area contributed by atoms with E-state index in [4.69, 9.17) is 16.3 Å². The Balaban J connectivity index is 2.50. The van der Waals surface area contributed by atoms with Gasteiger partial charge < -0.3 is 4.74 Å². The van der Waals surface area contributed by atoms with Crippen molar-refractivity contribution in [3.8, 4) is 11.8 Å². The molecule has 0 bridgehead atoms. The van der Waals surface area contributed by atoms with E-state index in [-0.39, 0.29) is 27.0 Å². The molecule has 0 N–H and O–H groups in total. The van der Waals surface area contributed by atoms with Gasteiger partial charge in [-0.3, -0.25) is 0 Å². The maximum absolute atomic E-state index is 13.6. The van der Waals surface area contributed by atoms with E-state index in [1.807, 2.05) is 0 Å². The van der Waals surface area contributed by atoms with Gasteiger partial charge in [-0.25, -0.2) is 9.07 Å². The van der Waals surface area contributed by atoms with Gasteiger partial charge in [0.25, 0.3) is 0 Å². The van der Waals surface area contributed by atoms with Crippen molar-refractivity contribution in [2.24, 2.45) is 0 Å². The van der Waals surface area contributed by atoms with Crippen LogP contribution in [0.5, 0.6) is 11.8 Å². The molecule has 0 aliphatic rings. The molecule has 0 aliphatic heterocycles. The number of rotatable bonds is 5. The lowest BCUT2D eigenvalue weighted by molar-refractivity contribution is 0.351. The van der Waals surface area contributed by atoms with Gasteiger partial charge in [0.2, 0.25) is 4.73 Å². The number of benzene rings is 1. The average molecular weight is 405 g/mol. The van der Waals surface area contributed by atoms with Gasteiger partial charge in [-0.15, -0.1) is 5.10 Å². The summed E-state index contributed by atoms with van der Waals surface area (Å²) < 4.78 is 21.5. The third-order valence-electron chi connectivity index (χ3n) is 3.50. The molecular formula is C11H16B6BrClFN3O. The number of hydrogen-bond donors (Lipinski definition) is 0. The third-order valence-corrected chi connectivity index (χ3v) is 4.06. The highest BCUT2D eigenvalue weighted by molar-refractivity contribution is 9.10. The summed E-state index contributed by atoms with van der Waals surface area (Å²) in [5.41, 5.74) is 0. The van der Waals surface area contributed by atoms with E-state index in [1.165, 1.54) is 12.1 Å². The van der Waals surface area contributed by atoms with Crippen LogP contribution in [0.4, 0.5) is 4.39 Å². The van der Waals surface area contributed by atoms with Crippen molar-refractivity contribution < 1.29 is 9.13 Å². The Labute approximate surface area is 160 Å². The predicted molar refractivity (Wildman–Crippen MR) is 115 cm³/mol. The van der Waals surface area contributed by atoms with Gasteiger partial charge >= 0.3 is 6.01 Å². The Morgan fingerprint density at radius 1 is 1.12 bits per heavy atom. The highest BCUT2D eigenvalue weighted by atomic mass is 79.9. The van der Waals surface area contributed by atoms with Crippen molar-refractivity contribution in [3.05, 3.63) is 33.8 Å². The van der Waals surface area contributed by atoms with Crippen LogP contribution >= 0.6 is 27.5 Å². The molecule has 24 heavy (non-hydrogen) atoms. The Morgan fingerprint density at radius 2 is 1.71 bits per heavy atom. The lowest BCUT2D eigenvalue weighted by atomic mass is 9.27. The van der Waals surface area contributed by atoms with Crippen LogP contribution in [0.1, 0.15) is 6.04 Å². The van der Waals surface area contributed by atoms with E-state index < -0.39 is 5.82 Å². The van der Waals surface area contributed by atoms with Crippen molar-refractivity contribution in [3.63, 3.8) is 0 Å². The fraction of sp³-hybridized carbons (Fsp3) is 0.273. The van der Waals surface area contributed by atoms with Crippen LogP contribution in [0, 0.1) is 5.82 Å². The zero-order chi connectivity index (χ0) is 18.3. The monoisotopic (exact) mass is 405 g/mol. The molecule has 2 rings (SSSR count). The number of ether oxygens (including phenoxy) is 1. The number of hydrogen-bond acceptors (Lipinski definition) is 3. The molecule has 2 aromatic rings. The van der Waals surface area contributed by atoms with Gasteiger partial charge in [0.1, 0.15) is 11.6 Å². The molecule has 0 unspecified atom stereocenters. The molecule has 1 aromatic carbocycles. The van der Waals surface area contributed by atoms with Crippen LogP contribution in [0.2, 0.25) is 15.2 Å². The molecular weight excluding hydrogens is 389 g/mol. The quantitative estimate of drug-likeness (QED) is 0.547. The zero-order valence-corrected chi connectivity index (χ0v) is 17.0. The average Bonchev–Trinajstić information content (AvgIpc) is 2.64. The fourth-order valence-corrected chi connectivity index (χ4v) is 3.78. The predicted octanol–water partition coefficient (Wildman–Crippen LogP) is -1.89.